The molecule has 12 heteroatoms. The van der Waals surface area contributed by atoms with E-state index in [0.29, 0.717) is 11.3 Å². The Morgan fingerprint density at radius 1 is 0.333 bits per heavy atom. The second kappa shape index (κ2) is 48.4. The molecule has 8 nitrogen and oxygen atoms in total. The summed E-state index contributed by atoms with van der Waals surface area (Å²) in [6, 6.07) is 116. The van der Waals surface area contributed by atoms with E-state index in [9.17, 15) is 4.79 Å². The van der Waals surface area contributed by atoms with Crippen molar-refractivity contribution in [2.24, 2.45) is 0 Å². The van der Waals surface area contributed by atoms with Crippen molar-refractivity contribution in [3.8, 4) is 112 Å². The Kier molecular flexibility index (Phi) is 35.3. The van der Waals surface area contributed by atoms with Gasteiger partial charge >= 0.3 is 0 Å². The zero-order valence-electron chi connectivity index (χ0n) is 66.7. The molecule has 0 saturated heterocycles. The molecule has 0 saturated carbocycles. The van der Waals surface area contributed by atoms with Gasteiger partial charge in [0.25, 0.3) is 0 Å². The summed E-state index contributed by atoms with van der Waals surface area (Å²) in [6.07, 6.45) is 11.9. The molecule has 0 fully saturated rings. The van der Waals surface area contributed by atoms with Gasteiger partial charge in [-0.05, 0) is 131 Å². The van der Waals surface area contributed by atoms with E-state index < -0.39 is 6.04 Å². The molecule has 0 bridgehead atoms. The third-order valence-corrected chi connectivity index (χ3v) is 15.8. The third kappa shape index (κ3) is 29.3. The van der Waals surface area contributed by atoms with Crippen LogP contribution in [0.1, 0.15) is 43.0 Å². The molecule has 0 spiro atoms. The largest absolute Gasteiger partial charge is 0.512 e. The van der Waals surface area contributed by atoms with Gasteiger partial charge in [-0.15, -0.1) is 214 Å². The van der Waals surface area contributed by atoms with Crippen molar-refractivity contribution in [2.75, 3.05) is 0 Å². The van der Waals surface area contributed by atoms with Gasteiger partial charge in [0, 0.05) is 124 Å². The number of aliphatic hydroxyl groups is 1. The van der Waals surface area contributed by atoms with Gasteiger partial charge in [0.05, 0.1) is 12.6 Å². The molecule has 1 N–H and O–H groups in total. The molecule has 6 heterocycles. The number of aromatic nitrogens is 6. The summed E-state index contributed by atoms with van der Waals surface area (Å²) in [5.74, 6) is -0.0625. The second-order valence-corrected chi connectivity index (χ2v) is 24.2. The molecular weight excluding hydrogens is 2070 g/mol. The smallest absolute Gasteiger partial charge is 0.155 e. The number of allylic oxidation sites excluding steroid dienone is 2. The minimum absolute atomic E-state index is 0. The first-order valence-corrected chi connectivity index (χ1v) is 34.6. The summed E-state index contributed by atoms with van der Waals surface area (Å²) in [4.78, 5) is 36.3. The molecule has 0 aliphatic heterocycles. The van der Waals surface area contributed by atoms with Crippen molar-refractivity contribution in [1.82, 2.24) is 29.9 Å². The Balaban J connectivity index is 0.000000213. The van der Waals surface area contributed by atoms with Crippen LogP contribution in [-0.4, -0.2) is 40.8 Å². The number of carbonyl (C=O) groups is 1. The number of rotatable bonds is 11. The minimum Gasteiger partial charge on any atom is -0.512 e. The van der Waals surface area contributed by atoms with Gasteiger partial charge in [0.2, 0.25) is 0 Å². The Morgan fingerprint density at radius 3 is 1.15 bits per heavy atom. The molecule has 0 amide bonds. The van der Waals surface area contributed by atoms with E-state index in [1.54, 1.807) is 24.4 Å². The summed E-state index contributed by atoms with van der Waals surface area (Å²) in [5, 5.41) is 8.36. The summed E-state index contributed by atoms with van der Waals surface area (Å²) < 4.78 is 39.1. The summed E-state index contributed by atoms with van der Waals surface area (Å²) in [7, 11) is 0. The molecule has 4 radical (unpaired) electrons. The van der Waals surface area contributed by atoms with Crippen LogP contribution in [0.25, 0.3) is 112 Å². The average Bonchev–Trinajstić information content (AvgIpc) is 0.774. The molecule has 10 aromatic carbocycles. The van der Waals surface area contributed by atoms with Crippen LogP contribution in [0.4, 0.5) is 0 Å². The normalized spacial score (nSPS) is 10.5. The van der Waals surface area contributed by atoms with E-state index >= 15 is 0 Å². The van der Waals surface area contributed by atoms with Crippen LogP contribution >= 0.6 is 0 Å². The number of aryl methyl sites for hydroxylation is 4. The maximum Gasteiger partial charge on any atom is 0.155 e. The average molecular weight is 2160 g/mol. The van der Waals surface area contributed by atoms with Gasteiger partial charge in [-0.1, -0.05) is 195 Å². The fourth-order valence-electron chi connectivity index (χ4n) is 10.7. The predicted molar refractivity (Wildman–Crippen MR) is 439 cm³/mol. The van der Waals surface area contributed by atoms with E-state index in [4.69, 9.17) is 12.0 Å². The molecule has 560 valence electrons. The molecule has 16 rings (SSSR count). The molecule has 111 heavy (non-hydrogen) atoms. The first-order chi connectivity index (χ1) is 54.5. The van der Waals surface area contributed by atoms with E-state index in [2.05, 4.69) is 185 Å². The summed E-state index contributed by atoms with van der Waals surface area (Å²) >= 11 is 0. The summed E-state index contributed by atoms with van der Waals surface area (Å²) in [6.45, 7) is 11.2. The van der Waals surface area contributed by atoms with Gasteiger partial charge in [0.1, 0.15) is 0 Å². The molecule has 0 unspecified atom stereocenters. The molecule has 16 aromatic rings. The Morgan fingerprint density at radius 2 is 0.739 bits per heavy atom. The fourth-order valence-corrected chi connectivity index (χ4v) is 10.7. The molecule has 0 aliphatic carbocycles. The van der Waals surface area contributed by atoms with Crippen LogP contribution in [0, 0.1) is 64.1 Å². The van der Waals surface area contributed by atoms with E-state index in [0.717, 1.165) is 73.0 Å². The maximum atomic E-state index is 10.0. The Labute approximate surface area is 715 Å². The number of hydrogen-bond donors (Lipinski definition) is 1. The Bertz CT molecular complexity index is 5500. The zero-order valence-corrected chi connectivity index (χ0v) is 71.3. The van der Waals surface area contributed by atoms with Crippen molar-refractivity contribution in [3.63, 3.8) is 0 Å². The zero-order chi connectivity index (χ0) is 79.0. The van der Waals surface area contributed by atoms with Crippen LogP contribution in [0.2, 0.25) is 0 Å². The maximum absolute atomic E-state index is 10.0. The molecule has 0 atom stereocenters. The third-order valence-electron chi connectivity index (χ3n) is 15.8. The van der Waals surface area contributed by atoms with Gasteiger partial charge in [-0.2, -0.15) is 0 Å². The van der Waals surface area contributed by atoms with Crippen LogP contribution in [0.3, 0.4) is 0 Å². The predicted octanol–water partition coefficient (Wildman–Crippen LogP) is 24.2. The minimum atomic E-state index is -0.396. The van der Waals surface area contributed by atoms with Crippen molar-refractivity contribution in [3.05, 3.63) is 435 Å². The van der Waals surface area contributed by atoms with E-state index in [-0.39, 0.29) is 122 Å². The van der Waals surface area contributed by atoms with Crippen LogP contribution in [0.5, 0.6) is 0 Å². The van der Waals surface area contributed by atoms with Gasteiger partial charge in [-0.3, -0.25) is 4.79 Å². The van der Waals surface area contributed by atoms with Gasteiger partial charge in [-0.25, -0.2) is 0 Å². The van der Waals surface area contributed by atoms with Crippen molar-refractivity contribution < 1.29 is 97.2 Å². The van der Waals surface area contributed by atoms with Crippen molar-refractivity contribution >= 4 is 5.78 Å². The number of pyridine rings is 6. The second-order valence-electron chi connectivity index (χ2n) is 24.2. The number of benzene rings is 10. The van der Waals surface area contributed by atoms with Crippen molar-refractivity contribution in [1.29, 1.82) is 0 Å². The molecular formula is C99H80Ir4N6O2-6. The van der Waals surface area contributed by atoms with Crippen LogP contribution in [0.15, 0.2) is 376 Å². The fraction of sp³-hybridized carbons (Fsp3) is 0.0606. The van der Waals surface area contributed by atoms with E-state index in [1.165, 1.54) is 70.6 Å². The number of nitrogens with zero attached hydrogens (tertiary/aromatic N) is 6. The van der Waals surface area contributed by atoms with Crippen LogP contribution < -0.4 is 0 Å². The summed E-state index contributed by atoms with van der Waals surface area (Å²) in [5.41, 5.74) is 24.2. The van der Waals surface area contributed by atoms with Crippen molar-refractivity contribution in [2.45, 2.75) is 41.5 Å². The van der Waals surface area contributed by atoms with Gasteiger partial charge in [0.15, 0.2) is 5.78 Å². The van der Waals surface area contributed by atoms with Crippen LogP contribution in [-0.2, 0) is 85.2 Å². The number of ketones is 1. The number of carbonyl (C=O) groups excluding carboxylic acids is 1. The molecule has 6 aromatic heterocycles. The first kappa shape index (κ1) is 80.9. The SMILES string of the molecule is CC(=O)C=C(C)O.Cc1[c-]c(-c2ccc(-c3ccccc3)cn2)cc(C)c1.Cc1ccc(-c2ccnc(-c3[c-]cccc3)c2)cc1.Cc1cccnc1-c1[c-]cccc1.[2H]c1c([2H])c([2H])c(-c2ccc(-c3[c-]cccc3)nc2)c([2H])c1[2H].[Ir].[Ir].[Ir].[Ir].[c-]1ccccc1-c1cc(-c2ccccc2)ccn1.[c-]1ccccc1-c1ccccn1. The Hall–Kier alpha value is -11.1. The number of hydrogen-bond acceptors (Lipinski definition) is 8. The number of aliphatic hydroxyl groups excluding tert-OH is 1. The van der Waals surface area contributed by atoms with E-state index in [1.807, 2.05) is 213 Å². The standard InChI is InChI=1S/C19H16N.C18H14N.2C17H12N.C12H10N.C11H8N.C5H8O2.4Ir/c1-14-10-15(2)12-18(11-14)19-9-8-17(13-20-19)16-6-4-3-5-7-16;1-14-7-9-15(10-8-14)17-11-12-19-18(13-17)16-5-3-2-4-6-16;1-3-7-14(8-4-1)16-11-12-18-17(13-16)15-9-5-2-6-10-15;1-3-7-14(8-4-1)16-11-12-17(18-13-16)15-9-5-2-6-10-15;1-10-6-5-9-13-12(10)11-7-3-2-4-8-11;1-2-6-10(7-3-1)11-8-4-5-9-12-11;1-4(6)3-5(2)7;;;;/h3-11,13H,1-2H3;2-5,7-13H,1H3;2*1-9,11-13H;2-7,9H,1H3;1-6,8-9H;3,6H,1-2H3;;;;/q6*-1;;;;;/i;;;1D,3D,4D,7D,8D;;;;;;;. The quantitative estimate of drug-likeness (QED) is 0.0774. The monoisotopic (exact) mass is 2160 g/mol. The topological polar surface area (TPSA) is 115 Å². The van der Waals surface area contributed by atoms with Gasteiger partial charge < -0.3 is 35.0 Å². The molecule has 0 aliphatic rings. The first-order valence-electron chi connectivity index (χ1n) is 37.1.